The molecule has 0 spiro atoms. The maximum atomic E-state index is 12.7. The summed E-state index contributed by atoms with van der Waals surface area (Å²) in [5.74, 6) is 0.231. The van der Waals surface area contributed by atoms with Crippen LogP contribution in [0.4, 0.5) is 6.01 Å². The van der Waals surface area contributed by atoms with Crippen molar-refractivity contribution in [2.45, 2.75) is 44.1 Å². The lowest BCUT2D eigenvalue weighted by Gasteiger charge is -2.34. The van der Waals surface area contributed by atoms with E-state index in [1.807, 2.05) is 24.3 Å². The number of para-hydroxylation sites is 2. The minimum absolute atomic E-state index is 0. The van der Waals surface area contributed by atoms with Gasteiger partial charge in [-0.05, 0) is 37.8 Å². The Hall–Kier alpha value is -1.50. The zero-order valence-corrected chi connectivity index (χ0v) is 17.0. The molecule has 2 aliphatic rings. The van der Waals surface area contributed by atoms with Gasteiger partial charge in [0.2, 0.25) is 5.91 Å². The molecular formula is C19H28Cl2N4O2. The third kappa shape index (κ3) is 4.50. The van der Waals surface area contributed by atoms with Gasteiger partial charge in [0.05, 0.1) is 5.54 Å². The van der Waals surface area contributed by atoms with E-state index >= 15 is 0 Å². The molecule has 0 atom stereocenters. The highest BCUT2D eigenvalue weighted by atomic mass is 35.5. The molecule has 8 heteroatoms. The Morgan fingerprint density at radius 1 is 1.22 bits per heavy atom. The number of halogens is 2. The number of fused-ring (bicyclic) bond motifs is 1. The summed E-state index contributed by atoms with van der Waals surface area (Å²) in [6, 6.07) is 8.45. The number of carbonyl (C=O) groups is 1. The first kappa shape index (κ1) is 21.8. The fourth-order valence-corrected chi connectivity index (χ4v) is 4.12. The standard InChI is InChI=1S/C19H26N4O2.2ClH/c20-13-19(9-3-4-10-19)22-17(24)14-7-11-23(12-8-14)18-21-15-5-1-2-6-16(15)25-18;;/h1-2,5-6,14H,3-4,7-13,20H2,(H,22,24);2*1H. The van der Waals surface area contributed by atoms with Crippen LogP contribution in [0.2, 0.25) is 0 Å². The van der Waals surface area contributed by atoms with Crippen molar-refractivity contribution in [2.75, 3.05) is 24.5 Å². The average Bonchev–Trinajstić information content (AvgIpc) is 3.29. The number of piperidine rings is 1. The maximum Gasteiger partial charge on any atom is 0.298 e. The number of amides is 1. The second-order valence-corrected chi connectivity index (χ2v) is 7.41. The van der Waals surface area contributed by atoms with E-state index in [2.05, 4.69) is 15.2 Å². The van der Waals surface area contributed by atoms with E-state index in [4.69, 9.17) is 10.2 Å². The number of benzene rings is 1. The summed E-state index contributed by atoms with van der Waals surface area (Å²) in [4.78, 5) is 19.4. The normalized spacial score (nSPS) is 19.4. The smallest absolute Gasteiger partial charge is 0.298 e. The molecule has 27 heavy (non-hydrogen) atoms. The van der Waals surface area contributed by atoms with Gasteiger partial charge in [0.15, 0.2) is 5.58 Å². The van der Waals surface area contributed by atoms with Crippen molar-refractivity contribution in [3.8, 4) is 0 Å². The molecule has 4 rings (SSSR count). The molecule has 1 aliphatic carbocycles. The van der Waals surface area contributed by atoms with Crippen LogP contribution < -0.4 is 16.0 Å². The molecule has 1 saturated heterocycles. The fourth-order valence-electron chi connectivity index (χ4n) is 4.12. The molecule has 0 radical (unpaired) electrons. The van der Waals surface area contributed by atoms with Crippen molar-refractivity contribution in [1.82, 2.24) is 10.3 Å². The molecule has 6 nitrogen and oxygen atoms in total. The molecule has 1 amide bonds. The van der Waals surface area contributed by atoms with E-state index in [0.29, 0.717) is 12.6 Å². The molecule has 1 saturated carbocycles. The second-order valence-electron chi connectivity index (χ2n) is 7.41. The molecule has 1 aliphatic heterocycles. The van der Waals surface area contributed by atoms with Crippen LogP contribution in [0.15, 0.2) is 28.7 Å². The third-order valence-corrected chi connectivity index (χ3v) is 5.76. The Balaban J connectivity index is 0.00000131. The Kier molecular flexibility index (Phi) is 7.37. The van der Waals surface area contributed by atoms with Crippen molar-refractivity contribution < 1.29 is 9.21 Å². The van der Waals surface area contributed by atoms with Crippen LogP contribution in [0, 0.1) is 5.92 Å². The van der Waals surface area contributed by atoms with Gasteiger partial charge in [-0.25, -0.2) is 0 Å². The lowest BCUT2D eigenvalue weighted by Crippen LogP contribution is -2.54. The number of anilines is 1. The van der Waals surface area contributed by atoms with Crippen LogP contribution in [0.5, 0.6) is 0 Å². The first-order valence-electron chi connectivity index (χ1n) is 9.32. The molecule has 1 aromatic heterocycles. The van der Waals surface area contributed by atoms with Crippen molar-refractivity contribution in [3.63, 3.8) is 0 Å². The molecular weight excluding hydrogens is 387 g/mol. The van der Waals surface area contributed by atoms with Crippen molar-refractivity contribution in [3.05, 3.63) is 24.3 Å². The lowest BCUT2D eigenvalue weighted by atomic mass is 9.92. The Bertz CT molecular complexity index is 720. The van der Waals surface area contributed by atoms with Crippen LogP contribution in [-0.4, -0.2) is 36.1 Å². The topological polar surface area (TPSA) is 84.4 Å². The summed E-state index contributed by atoms with van der Waals surface area (Å²) in [5, 5.41) is 3.27. The number of hydrogen-bond acceptors (Lipinski definition) is 5. The molecule has 0 unspecified atom stereocenters. The molecule has 1 aromatic carbocycles. The average molecular weight is 415 g/mol. The number of nitrogens with zero attached hydrogens (tertiary/aromatic N) is 2. The van der Waals surface area contributed by atoms with Gasteiger partial charge in [-0.3, -0.25) is 4.79 Å². The molecule has 0 bridgehead atoms. The summed E-state index contributed by atoms with van der Waals surface area (Å²) < 4.78 is 5.84. The quantitative estimate of drug-likeness (QED) is 0.801. The SMILES string of the molecule is Cl.Cl.NCC1(NC(=O)C2CCN(c3nc4ccccc4o3)CC2)CCCC1. The van der Waals surface area contributed by atoms with Gasteiger partial charge in [-0.2, -0.15) is 4.98 Å². The Morgan fingerprint density at radius 2 is 1.89 bits per heavy atom. The minimum Gasteiger partial charge on any atom is -0.423 e. The van der Waals surface area contributed by atoms with Crippen LogP contribution >= 0.6 is 24.8 Å². The Morgan fingerprint density at radius 3 is 2.52 bits per heavy atom. The van der Waals surface area contributed by atoms with Crippen molar-refractivity contribution in [2.24, 2.45) is 11.7 Å². The van der Waals surface area contributed by atoms with E-state index in [9.17, 15) is 4.79 Å². The first-order valence-corrected chi connectivity index (χ1v) is 9.32. The predicted octanol–water partition coefficient (Wildman–Crippen LogP) is 3.28. The highest BCUT2D eigenvalue weighted by Gasteiger charge is 2.36. The molecule has 3 N–H and O–H groups in total. The second kappa shape index (κ2) is 9.13. The van der Waals surface area contributed by atoms with Gasteiger partial charge < -0.3 is 20.4 Å². The summed E-state index contributed by atoms with van der Waals surface area (Å²) in [7, 11) is 0. The van der Waals surface area contributed by atoms with Crippen LogP contribution in [0.3, 0.4) is 0 Å². The van der Waals surface area contributed by atoms with E-state index in [0.717, 1.165) is 62.7 Å². The van der Waals surface area contributed by atoms with E-state index in [1.165, 1.54) is 0 Å². The number of oxazole rings is 1. The van der Waals surface area contributed by atoms with Crippen molar-refractivity contribution in [1.29, 1.82) is 0 Å². The summed E-state index contributed by atoms with van der Waals surface area (Å²) in [6.45, 7) is 2.13. The zero-order chi connectivity index (χ0) is 17.3. The minimum atomic E-state index is -0.158. The van der Waals surface area contributed by atoms with Gasteiger partial charge in [-0.15, -0.1) is 24.8 Å². The van der Waals surface area contributed by atoms with E-state index in [1.54, 1.807) is 0 Å². The zero-order valence-electron chi connectivity index (χ0n) is 15.4. The highest BCUT2D eigenvalue weighted by Crippen LogP contribution is 2.30. The molecule has 2 fully saturated rings. The van der Waals surface area contributed by atoms with Gasteiger partial charge in [-0.1, -0.05) is 25.0 Å². The summed E-state index contributed by atoms with van der Waals surface area (Å²) in [5.41, 5.74) is 7.47. The lowest BCUT2D eigenvalue weighted by molar-refractivity contribution is -0.127. The maximum absolute atomic E-state index is 12.7. The molecule has 2 heterocycles. The molecule has 150 valence electrons. The number of nitrogens with two attached hydrogens (primary N) is 1. The third-order valence-electron chi connectivity index (χ3n) is 5.76. The summed E-state index contributed by atoms with van der Waals surface area (Å²) in [6.07, 6.45) is 5.99. The van der Waals surface area contributed by atoms with Crippen LogP contribution in [0.1, 0.15) is 38.5 Å². The van der Waals surface area contributed by atoms with E-state index < -0.39 is 0 Å². The Labute approximate surface area is 172 Å². The van der Waals surface area contributed by atoms with Crippen molar-refractivity contribution >= 4 is 47.8 Å². The largest absolute Gasteiger partial charge is 0.423 e. The number of hydrogen-bond donors (Lipinski definition) is 2. The molecule has 2 aromatic rings. The number of aromatic nitrogens is 1. The first-order chi connectivity index (χ1) is 12.2. The monoisotopic (exact) mass is 414 g/mol. The predicted molar refractivity (Wildman–Crippen MR) is 112 cm³/mol. The number of nitrogens with one attached hydrogen (secondary N) is 1. The van der Waals surface area contributed by atoms with Gasteiger partial charge in [0, 0.05) is 25.6 Å². The van der Waals surface area contributed by atoms with Crippen LogP contribution in [-0.2, 0) is 4.79 Å². The fraction of sp³-hybridized carbons (Fsp3) is 0.579. The van der Waals surface area contributed by atoms with Gasteiger partial charge in [0.25, 0.3) is 6.01 Å². The van der Waals surface area contributed by atoms with Crippen LogP contribution in [0.25, 0.3) is 11.1 Å². The highest BCUT2D eigenvalue weighted by molar-refractivity contribution is 5.85. The number of carbonyl (C=O) groups excluding carboxylic acids is 1. The van der Waals surface area contributed by atoms with E-state index in [-0.39, 0.29) is 42.2 Å². The van der Waals surface area contributed by atoms with Gasteiger partial charge >= 0.3 is 0 Å². The van der Waals surface area contributed by atoms with Gasteiger partial charge in [0.1, 0.15) is 5.52 Å². The number of rotatable bonds is 4. The summed E-state index contributed by atoms with van der Waals surface area (Å²) >= 11 is 0.